The molecular formula is C15H14ClF5N4. The van der Waals surface area contributed by atoms with E-state index in [1.165, 1.54) is 20.2 Å². The summed E-state index contributed by atoms with van der Waals surface area (Å²) in [4.78, 5) is 12.8. The summed E-state index contributed by atoms with van der Waals surface area (Å²) in [6, 6.07) is 0. The molecule has 0 unspecified atom stereocenters. The second-order valence-corrected chi connectivity index (χ2v) is 6.80. The van der Waals surface area contributed by atoms with Gasteiger partial charge in [0.05, 0.1) is 16.8 Å². The van der Waals surface area contributed by atoms with Crippen molar-refractivity contribution in [2.24, 2.45) is 10.4 Å². The Kier molecular flexibility index (Phi) is 3.87. The lowest BCUT2D eigenvalue weighted by Gasteiger charge is -2.17. The summed E-state index contributed by atoms with van der Waals surface area (Å²) in [5.41, 5.74) is -3.26. The van der Waals surface area contributed by atoms with Gasteiger partial charge in [0.25, 0.3) is 6.43 Å². The largest absolute Gasteiger partial charge is 0.395 e. The highest BCUT2D eigenvalue weighted by molar-refractivity contribution is 6.28. The van der Waals surface area contributed by atoms with E-state index in [1.54, 1.807) is 0 Å². The lowest BCUT2D eigenvalue weighted by Crippen LogP contribution is -2.28. The Labute approximate surface area is 145 Å². The van der Waals surface area contributed by atoms with Crippen LogP contribution in [0.5, 0.6) is 0 Å². The maximum atomic E-state index is 13.3. The van der Waals surface area contributed by atoms with Crippen molar-refractivity contribution in [2.45, 2.75) is 30.9 Å². The fraction of sp³-hybridized carbons (Fsp3) is 0.533. The Bertz CT molecular complexity index is 756. The second kappa shape index (κ2) is 5.36. The molecule has 0 bridgehead atoms. The van der Waals surface area contributed by atoms with Crippen molar-refractivity contribution in [3.05, 3.63) is 23.3 Å². The van der Waals surface area contributed by atoms with Crippen LogP contribution in [0, 0.1) is 5.41 Å². The van der Waals surface area contributed by atoms with Crippen LogP contribution in [-0.4, -0.2) is 47.4 Å². The molecule has 0 saturated heterocycles. The third kappa shape index (κ3) is 2.51. The molecule has 0 amide bonds. The maximum Gasteiger partial charge on any atom is 0.395 e. The minimum absolute atomic E-state index is 0.0271. The van der Waals surface area contributed by atoms with Gasteiger partial charge < -0.3 is 4.90 Å². The van der Waals surface area contributed by atoms with Crippen LogP contribution in [0.15, 0.2) is 11.6 Å². The molecule has 3 rings (SSSR count). The molecule has 2 saturated carbocycles. The first kappa shape index (κ1) is 18.0. The monoisotopic (exact) mass is 380 g/mol. The summed E-state index contributed by atoms with van der Waals surface area (Å²) in [5.74, 6) is -0.606. The van der Waals surface area contributed by atoms with Crippen LogP contribution in [0.2, 0.25) is 5.28 Å². The van der Waals surface area contributed by atoms with Crippen molar-refractivity contribution in [3.63, 3.8) is 0 Å². The highest BCUT2D eigenvalue weighted by Crippen LogP contribution is 2.91. The van der Waals surface area contributed by atoms with Crippen LogP contribution in [0.3, 0.4) is 0 Å². The van der Waals surface area contributed by atoms with E-state index in [4.69, 9.17) is 11.6 Å². The zero-order chi connectivity index (χ0) is 18.8. The van der Waals surface area contributed by atoms with Crippen molar-refractivity contribution >= 4 is 29.2 Å². The number of hydrogen-bond acceptors (Lipinski definition) is 3. The Morgan fingerprint density at radius 3 is 2.32 bits per heavy atom. The van der Waals surface area contributed by atoms with Gasteiger partial charge in [-0.25, -0.2) is 23.7 Å². The van der Waals surface area contributed by atoms with Crippen molar-refractivity contribution < 1.29 is 22.0 Å². The SMILES string of the molecule is C=Cc1nc(Cl)nc(C23CC2(C(F)(F)F)C3)c1N=C(C(F)F)N(C)C. The van der Waals surface area contributed by atoms with Gasteiger partial charge in [0.1, 0.15) is 5.69 Å². The van der Waals surface area contributed by atoms with Crippen molar-refractivity contribution in [1.82, 2.24) is 14.9 Å². The molecule has 2 aliphatic rings. The zero-order valence-corrected chi connectivity index (χ0v) is 14.1. The van der Waals surface area contributed by atoms with Gasteiger partial charge in [-0.1, -0.05) is 6.58 Å². The number of hydrogen-bond donors (Lipinski definition) is 0. The van der Waals surface area contributed by atoms with E-state index in [9.17, 15) is 22.0 Å². The number of alkyl halides is 5. The van der Waals surface area contributed by atoms with Crippen LogP contribution in [0.25, 0.3) is 6.08 Å². The van der Waals surface area contributed by atoms with Gasteiger partial charge >= 0.3 is 6.18 Å². The summed E-state index contributed by atoms with van der Waals surface area (Å²) in [6.45, 7) is 3.51. The molecular weight excluding hydrogens is 367 g/mol. The molecule has 1 aromatic rings. The summed E-state index contributed by atoms with van der Waals surface area (Å²) >= 11 is 5.82. The third-order valence-electron chi connectivity index (χ3n) is 4.83. The van der Waals surface area contributed by atoms with Gasteiger partial charge in [0, 0.05) is 19.5 Å². The number of amidine groups is 1. The van der Waals surface area contributed by atoms with Crippen LogP contribution >= 0.6 is 11.6 Å². The fourth-order valence-corrected chi connectivity index (χ4v) is 3.42. The molecule has 0 aromatic carbocycles. The van der Waals surface area contributed by atoms with E-state index >= 15 is 0 Å². The Balaban J connectivity index is 2.17. The molecule has 0 N–H and O–H groups in total. The smallest absolute Gasteiger partial charge is 0.361 e. The van der Waals surface area contributed by atoms with Crippen LogP contribution in [0.1, 0.15) is 24.2 Å². The van der Waals surface area contributed by atoms with Crippen molar-refractivity contribution in [2.75, 3.05) is 14.1 Å². The minimum atomic E-state index is -4.40. The van der Waals surface area contributed by atoms with Gasteiger partial charge in [-0.15, -0.1) is 0 Å². The Hall–Kier alpha value is -1.77. The standard InChI is InChI=1S/C15H14ClF5N4/c1-4-7-8(23-11(10(17)18)25(2)3)9(24-12(16)22-7)13-5-14(13,6-13)15(19,20)21/h4,10H,1,5-6H2,2-3H3. The topological polar surface area (TPSA) is 41.4 Å². The van der Waals surface area contributed by atoms with E-state index in [1.807, 2.05) is 0 Å². The van der Waals surface area contributed by atoms with Gasteiger partial charge in [0.2, 0.25) is 5.28 Å². The number of halogens is 6. The van der Waals surface area contributed by atoms with Gasteiger partial charge in [0.15, 0.2) is 5.84 Å². The first-order valence-electron chi connectivity index (χ1n) is 7.30. The van der Waals surface area contributed by atoms with E-state index in [0.717, 1.165) is 4.90 Å². The first-order chi connectivity index (χ1) is 11.5. The molecule has 1 aromatic heterocycles. The minimum Gasteiger partial charge on any atom is -0.361 e. The van der Waals surface area contributed by atoms with Gasteiger partial charge in [-0.2, -0.15) is 13.2 Å². The normalized spacial score (nSPS) is 28.0. The van der Waals surface area contributed by atoms with Crippen LogP contribution in [-0.2, 0) is 5.41 Å². The van der Waals surface area contributed by atoms with Crippen molar-refractivity contribution in [1.29, 1.82) is 0 Å². The number of fused-ring (bicyclic) bond motifs is 1. The summed E-state index contributed by atoms with van der Waals surface area (Å²) in [6.07, 6.45) is -6.40. The lowest BCUT2D eigenvalue weighted by molar-refractivity contribution is -0.167. The Morgan fingerprint density at radius 1 is 1.32 bits per heavy atom. The molecule has 2 fully saturated rings. The van der Waals surface area contributed by atoms with Crippen LogP contribution in [0.4, 0.5) is 27.6 Å². The van der Waals surface area contributed by atoms with E-state index in [2.05, 4.69) is 21.5 Å². The first-order valence-corrected chi connectivity index (χ1v) is 7.68. The van der Waals surface area contributed by atoms with Crippen molar-refractivity contribution in [3.8, 4) is 0 Å². The predicted molar refractivity (Wildman–Crippen MR) is 83.3 cm³/mol. The molecule has 0 atom stereocenters. The number of nitrogens with zero attached hydrogens (tertiary/aromatic N) is 4. The van der Waals surface area contributed by atoms with Crippen LogP contribution < -0.4 is 0 Å². The number of aromatic nitrogens is 2. The molecule has 10 heteroatoms. The molecule has 2 aliphatic carbocycles. The van der Waals surface area contributed by atoms with Gasteiger partial charge in [-0.3, -0.25) is 0 Å². The van der Waals surface area contributed by atoms with E-state index in [-0.39, 0.29) is 35.2 Å². The molecule has 1 heterocycles. The zero-order valence-electron chi connectivity index (χ0n) is 13.3. The fourth-order valence-electron chi connectivity index (χ4n) is 3.24. The van der Waals surface area contributed by atoms with E-state index in [0.29, 0.717) is 0 Å². The highest BCUT2D eigenvalue weighted by atomic mass is 35.5. The second-order valence-electron chi connectivity index (χ2n) is 6.46. The number of rotatable bonds is 4. The molecule has 0 radical (unpaired) electrons. The quantitative estimate of drug-likeness (QED) is 0.340. The predicted octanol–water partition coefficient (Wildman–Crippen LogP) is 4.22. The summed E-state index contributed by atoms with van der Waals surface area (Å²) < 4.78 is 66.3. The molecule has 0 aliphatic heterocycles. The van der Waals surface area contributed by atoms with E-state index < -0.39 is 29.3 Å². The molecule has 4 nitrogen and oxygen atoms in total. The average Bonchev–Trinajstić information content (AvgIpc) is 3.30. The maximum absolute atomic E-state index is 13.3. The molecule has 0 spiro atoms. The summed E-state index contributed by atoms with van der Waals surface area (Å²) in [7, 11) is 2.73. The lowest BCUT2D eigenvalue weighted by atomic mass is 10.1. The average molecular weight is 381 g/mol. The van der Waals surface area contributed by atoms with Gasteiger partial charge in [-0.05, 0) is 30.5 Å². The molecule has 25 heavy (non-hydrogen) atoms. The summed E-state index contributed by atoms with van der Waals surface area (Å²) in [5, 5.41) is -0.267. The molecule has 136 valence electrons. The Morgan fingerprint density at radius 2 is 1.92 bits per heavy atom. The number of aliphatic imine (C=N–C) groups is 1. The third-order valence-corrected chi connectivity index (χ3v) is 4.99. The highest BCUT2D eigenvalue weighted by Gasteiger charge is 2.95.